The summed E-state index contributed by atoms with van der Waals surface area (Å²) in [6.45, 7) is 0. The van der Waals surface area contributed by atoms with Gasteiger partial charge in [-0.3, -0.25) is 0 Å². The zero-order chi connectivity index (χ0) is 18.9. The first kappa shape index (κ1) is 18.9. The van der Waals surface area contributed by atoms with Crippen LogP contribution in [0.4, 0.5) is 5.69 Å². The fourth-order valence-corrected chi connectivity index (χ4v) is 4.20. The number of nitrogens with two attached hydrogens (primary N) is 1. The van der Waals surface area contributed by atoms with Crippen LogP contribution in [-0.2, 0) is 9.84 Å². The molecule has 0 aromatic heterocycles. The van der Waals surface area contributed by atoms with Crippen molar-refractivity contribution >= 4 is 50.3 Å². The zero-order valence-electron chi connectivity index (χ0n) is 13.1. The fraction of sp³-hybridized carbons (Fsp3) is 0. The third-order valence-corrected chi connectivity index (χ3v) is 6.10. The summed E-state index contributed by atoms with van der Waals surface area (Å²) in [7, 11) is -3.65. The molecule has 2 N–H and O–H groups in total. The SMILES string of the molecule is Nc1cc(Cl)c(Oc2ccc(S(=O)(=O)c3ccc(Cl)cc3)cc2)c(Cl)c1. The van der Waals surface area contributed by atoms with E-state index in [9.17, 15) is 8.42 Å². The minimum Gasteiger partial charge on any atom is -0.454 e. The summed E-state index contributed by atoms with van der Waals surface area (Å²) >= 11 is 18.0. The van der Waals surface area contributed by atoms with Crippen LogP contribution in [0.3, 0.4) is 0 Å². The first-order valence-electron chi connectivity index (χ1n) is 7.30. The molecular weight excluding hydrogens is 417 g/mol. The summed E-state index contributed by atoms with van der Waals surface area (Å²) in [4.78, 5) is 0.280. The third kappa shape index (κ3) is 3.91. The van der Waals surface area contributed by atoms with Gasteiger partial charge in [0.1, 0.15) is 5.75 Å². The zero-order valence-corrected chi connectivity index (χ0v) is 16.2. The molecule has 0 aliphatic heterocycles. The second-order valence-electron chi connectivity index (χ2n) is 5.34. The van der Waals surface area contributed by atoms with Gasteiger partial charge in [0.05, 0.1) is 19.8 Å². The second kappa shape index (κ2) is 7.37. The van der Waals surface area contributed by atoms with Crippen LogP contribution in [0.2, 0.25) is 15.1 Å². The quantitative estimate of drug-likeness (QED) is 0.529. The molecule has 0 unspecified atom stereocenters. The number of anilines is 1. The number of sulfone groups is 1. The molecule has 0 saturated carbocycles. The van der Waals surface area contributed by atoms with Crippen molar-refractivity contribution in [3.8, 4) is 11.5 Å². The molecule has 0 atom stereocenters. The van der Waals surface area contributed by atoms with E-state index in [4.69, 9.17) is 45.3 Å². The van der Waals surface area contributed by atoms with Crippen molar-refractivity contribution in [1.29, 1.82) is 0 Å². The molecule has 0 saturated heterocycles. The molecule has 0 aliphatic carbocycles. The topological polar surface area (TPSA) is 69.4 Å². The predicted octanol–water partition coefficient (Wildman–Crippen LogP) is 5.85. The largest absolute Gasteiger partial charge is 0.454 e. The highest BCUT2D eigenvalue weighted by Crippen LogP contribution is 2.38. The van der Waals surface area contributed by atoms with Crippen LogP contribution in [0.1, 0.15) is 0 Å². The first-order chi connectivity index (χ1) is 12.3. The predicted molar refractivity (Wildman–Crippen MR) is 104 cm³/mol. The van der Waals surface area contributed by atoms with Gasteiger partial charge in [-0.1, -0.05) is 34.8 Å². The third-order valence-electron chi connectivity index (χ3n) is 3.50. The Morgan fingerprint density at radius 1 is 0.769 bits per heavy atom. The molecule has 0 radical (unpaired) electrons. The van der Waals surface area contributed by atoms with E-state index in [-0.39, 0.29) is 25.6 Å². The van der Waals surface area contributed by atoms with E-state index in [1.54, 1.807) is 0 Å². The van der Waals surface area contributed by atoms with E-state index in [2.05, 4.69) is 0 Å². The van der Waals surface area contributed by atoms with Crippen LogP contribution in [0.5, 0.6) is 11.5 Å². The van der Waals surface area contributed by atoms with Crippen molar-refractivity contribution in [2.24, 2.45) is 0 Å². The number of hydrogen-bond donors (Lipinski definition) is 1. The number of hydrogen-bond acceptors (Lipinski definition) is 4. The lowest BCUT2D eigenvalue weighted by atomic mass is 10.3. The van der Waals surface area contributed by atoms with Gasteiger partial charge in [-0.15, -0.1) is 0 Å². The molecule has 0 aliphatic rings. The summed E-state index contributed by atoms with van der Waals surface area (Å²) < 4.78 is 30.9. The van der Waals surface area contributed by atoms with Crippen molar-refractivity contribution in [3.05, 3.63) is 75.7 Å². The van der Waals surface area contributed by atoms with Gasteiger partial charge in [-0.25, -0.2) is 8.42 Å². The van der Waals surface area contributed by atoms with Gasteiger partial charge < -0.3 is 10.5 Å². The van der Waals surface area contributed by atoms with Crippen LogP contribution < -0.4 is 10.5 Å². The molecule has 0 heterocycles. The Morgan fingerprint density at radius 2 is 1.23 bits per heavy atom. The molecule has 134 valence electrons. The van der Waals surface area contributed by atoms with Crippen molar-refractivity contribution in [3.63, 3.8) is 0 Å². The van der Waals surface area contributed by atoms with Gasteiger partial charge in [-0.05, 0) is 60.7 Å². The molecular formula is C18H12Cl3NO3S. The lowest BCUT2D eigenvalue weighted by molar-refractivity contribution is 0.482. The lowest BCUT2D eigenvalue weighted by Crippen LogP contribution is -2.01. The average Bonchev–Trinajstić information content (AvgIpc) is 2.59. The standard InChI is InChI=1S/C18H12Cl3NO3S/c19-11-1-5-14(6-2-11)26(23,24)15-7-3-13(4-8-15)25-18-16(20)9-12(22)10-17(18)21/h1-10H,22H2. The minimum absolute atomic E-state index is 0.127. The normalized spacial score (nSPS) is 11.3. The van der Waals surface area contributed by atoms with Gasteiger partial charge in [0.25, 0.3) is 0 Å². The maximum Gasteiger partial charge on any atom is 0.206 e. The molecule has 26 heavy (non-hydrogen) atoms. The smallest absolute Gasteiger partial charge is 0.206 e. The lowest BCUT2D eigenvalue weighted by Gasteiger charge is -2.11. The van der Waals surface area contributed by atoms with Crippen LogP contribution >= 0.6 is 34.8 Å². The van der Waals surface area contributed by atoms with E-state index < -0.39 is 9.84 Å². The Bertz CT molecular complexity index is 1030. The first-order valence-corrected chi connectivity index (χ1v) is 9.92. The van der Waals surface area contributed by atoms with Gasteiger partial charge in [0.2, 0.25) is 9.84 Å². The average molecular weight is 429 g/mol. The molecule has 0 spiro atoms. The summed E-state index contributed by atoms with van der Waals surface area (Å²) in [6.07, 6.45) is 0. The van der Waals surface area contributed by atoms with Crippen LogP contribution in [-0.4, -0.2) is 8.42 Å². The summed E-state index contributed by atoms with van der Waals surface area (Å²) in [5.41, 5.74) is 6.07. The van der Waals surface area contributed by atoms with Crippen LogP contribution in [0.25, 0.3) is 0 Å². The minimum atomic E-state index is -3.65. The molecule has 3 rings (SSSR count). The van der Waals surface area contributed by atoms with Gasteiger partial charge in [0.15, 0.2) is 5.75 Å². The van der Waals surface area contributed by atoms with E-state index >= 15 is 0 Å². The Labute approximate surface area is 166 Å². The number of halogens is 3. The maximum atomic E-state index is 12.6. The van der Waals surface area contributed by atoms with Crippen molar-refractivity contribution in [1.82, 2.24) is 0 Å². The van der Waals surface area contributed by atoms with Crippen molar-refractivity contribution in [2.45, 2.75) is 9.79 Å². The highest BCUT2D eigenvalue weighted by atomic mass is 35.5. The molecule has 0 amide bonds. The Kier molecular flexibility index (Phi) is 5.34. The highest BCUT2D eigenvalue weighted by Gasteiger charge is 2.18. The van der Waals surface area contributed by atoms with E-state index in [0.29, 0.717) is 16.5 Å². The summed E-state index contributed by atoms with van der Waals surface area (Å²) in [5, 5.41) is 0.977. The molecule has 8 heteroatoms. The van der Waals surface area contributed by atoms with Gasteiger partial charge >= 0.3 is 0 Å². The number of benzene rings is 3. The van der Waals surface area contributed by atoms with Gasteiger partial charge in [-0.2, -0.15) is 0 Å². The molecule has 4 nitrogen and oxygen atoms in total. The summed E-state index contributed by atoms with van der Waals surface area (Å²) in [5.74, 6) is 0.629. The number of ether oxygens (including phenoxy) is 1. The Morgan fingerprint density at radius 3 is 1.73 bits per heavy atom. The van der Waals surface area contributed by atoms with Crippen molar-refractivity contribution in [2.75, 3.05) is 5.73 Å². The van der Waals surface area contributed by atoms with E-state index in [0.717, 1.165) is 0 Å². The Balaban J connectivity index is 1.88. The van der Waals surface area contributed by atoms with Gasteiger partial charge in [0, 0.05) is 10.7 Å². The molecule has 3 aromatic carbocycles. The van der Waals surface area contributed by atoms with Crippen molar-refractivity contribution < 1.29 is 13.2 Å². The molecule has 0 bridgehead atoms. The molecule has 0 fully saturated rings. The Hall–Kier alpha value is -1.92. The molecule has 3 aromatic rings. The number of nitrogen functional groups attached to an aromatic ring is 1. The summed E-state index contributed by atoms with van der Waals surface area (Å²) in [6, 6.07) is 14.9. The number of rotatable bonds is 4. The highest BCUT2D eigenvalue weighted by molar-refractivity contribution is 7.91. The fourth-order valence-electron chi connectivity index (χ4n) is 2.23. The monoisotopic (exact) mass is 427 g/mol. The van der Waals surface area contributed by atoms with E-state index in [1.165, 1.54) is 60.7 Å². The van der Waals surface area contributed by atoms with Crippen LogP contribution in [0.15, 0.2) is 70.5 Å². The maximum absolute atomic E-state index is 12.6. The van der Waals surface area contributed by atoms with E-state index in [1.807, 2.05) is 0 Å². The van der Waals surface area contributed by atoms with Crippen LogP contribution in [0, 0.1) is 0 Å². The second-order valence-corrected chi connectivity index (χ2v) is 8.55.